The lowest BCUT2D eigenvalue weighted by Crippen LogP contribution is -2.62. The molecule has 196 valence electrons. The van der Waals surface area contributed by atoms with Crippen molar-refractivity contribution in [2.45, 2.75) is 104 Å². The van der Waals surface area contributed by atoms with Crippen LogP contribution in [0, 0.1) is 31.1 Å². The molecule has 1 amide bonds. The number of benzene rings is 1. The van der Waals surface area contributed by atoms with Crippen molar-refractivity contribution in [3.63, 3.8) is 0 Å². The number of rotatable bonds is 5. The van der Waals surface area contributed by atoms with Gasteiger partial charge in [-0.3, -0.25) is 14.2 Å². The Morgan fingerprint density at radius 1 is 1.08 bits per heavy atom. The van der Waals surface area contributed by atoms with E-state index in [9.17, 15) is 14.7 Å². The summed E-state index contributed by atoms with van der Waals surface area (Å²) in [6.07, 6.45) is 13.5. The second-order valence-electron chi connectivity index (χ2n) is 12.3. The van der Waals surface area contributed by atoms with Gasteiger partial charge in [-0.1, -0.05) is 51.9 Å². The molecule has 1 saturated heterocycles. The fourth-order valence-electron chi connectivity index (χ4n) is 7.43. The second kappa shape index (κ2) is 9.92. The predicted molar refractivity (Wildman–Crippen MR) is 143 cm³/mol. The maximum absolute atomic E-state index is 13.5. The predicted octanol–water partition coefficient (Wildman–Crippen LogP) is 5.14. The standard InChI is InChI=1S/C30H43N3O3/c1-21-16-25-26(17-22(21)2)31-20-33(28(25)35)19-30(36)13-14-32(18-29(30)11-7-8-12-29)27(34)23(3)15-24-9-5-4-6-10-24/h16-17,20,23-24,36H,4-15,18-19H2,1-3H3/t23-,30?/m1/s1. The van der Waals surface area contributed by atoms with Crippen LogP contribution < -0.4 is 5.56 Å². The van der Waals surface area contributed by atoms with Crippen molar-refractivity contribution < 1.29 is 9.90 Å². The molecule has 2 heterocycles. The molecule has 1 spiro atoms. The number of hydrogen-bond acceptors (Lipinski definition) is 4. The molecule has 3 fully saturated rings. The molecule has 6 nitrogen and oxygen atoms in total. The minimum absolute atomic E-state index is 0.0387. The fraction of sp³-hybridized carbons (Fsp3) is 0.700. The topological polar surface area (TPSA) is 75.4 Å². The van der Waals surface area contributed by atoms with Crippen LogP contribution in [0.15, 0.2) is 23.3 Å². The van der Waals surface area contributed by atoms with Crippen LogP contribution in [-0.2, 0) is 11.3 Å². The maximum atomic E-state index is 13.5. The molecule has 6 heteroatoms. The van der Waals surface area contributed by atoms with Crippen molar-refractivity contribution in [2.24, 2.45) is 17.3 Å². The van der Waals surface area contributed by atoms with E-state index in [0.29, 0.717) is 36.3 Å². The Hall–Kier alpha value is -2.21. The number of aryl methyl sites for hydroxylation is 2. The molecule has 2 aliphatic carbocycles. The summed E-state index contributed by atoms with van der Waals surface area (Å²) in [6.45, 7) is 7.53. The molecule has 0 bridgehead atoms. The van der Waals surface area contributed by atoms with E-state index >= 15 is 0 Å². The molecule has 1 aliphatic heterocycles. The lowest BCUT2D eigenvalue weighted by molar-refractivity contribution is -0.163. The molecule has 0 radical (unpaired) electrons. The van der Waals surface area contributed by atoms with Gasteiger partial charge in [0.2, 0.25) is 5.91 Å². The van der Waals surface area contributed by atoms with Crippen molar-refractivity contribution in [1.29, 1.82) is 0 Å². The van der Waals surface area contributed by atoms with E-state index in [4.69, 9.17) is 0 Å². The quantitative estimate of drug-likeness (QED) is 0.626. The number of aromatic nitrogens is 2. The van der Waals surface area contributed by atoms with Crippen LogP contribution in [0.2, 0.25) is 0 Å². The zero-order chi connectivity index (χ0) is 25.5. The van der Waals surface area contributed by atoms with Crippen LogP contribution in [0.5, 0.6) is 0 Å². The molecule has 5 rings (SSSR count). The van der Waals surface area contributed by atoms with Crippen LogP contribution in [0.25, 0.3) is 10.9 Å². The van der Waals surface area contributed by atoms with Gasteiger partial charge in [0.25, 0.3) is 5.56 Å². The summed E-state index contributed by atoms with van der Waals surface area (Å²) in [5, 5.41) is 12.7. The highest BCUT2D eigenvalue weighted by Crippen LogP contribution is 2.51. The summed E-state index contributed by atoms with van der Waals surface area (Å²) in [5.41, 5.74) is 1.41. The normalized spacial score (nSPS) is 25.5. The minimum atomic E-state index is -1.02. The lowest BCUT2D eigenvalue weighted by atomic mass is 9.65. The molecule has 2 saturated carbocycles. The highest BCUT2D eigenvalue weighted by Gasteiger charge is 2.55. The van der Waals surface area contributed by atoms with E-state index in [2.05, 4.69) is 11.9 Å². The molecular formula is C30H43N3O3. The van der Waals surface area contributed by atoms with Crippen LogP contribution in [0.3, 0.4) is 0 Å². The number of fused-ring (bicyclic) bond motifs is 1. The first-order chi connectivity index (χ1) is 17.2. The third kappa shape index (κ3) is 4.62. The van der Waals surface area contributed by atoms with Crippen LogP contribution in [-0.4, -0.2) is 44.2 Å². The van der Waals surface area contributed by atoms with E-state index in [1.54, 1.807) is 10.9 Å². The Kier molecular flexibility index (Phi) is 7.01. The third-order valence-electron chi connectivity index (χ3n) is 9.85. The van der Waals surface area contributed by atoms with E-state index in [-0.39, 0.29) is 29.3 Å². The molecule has 1 aromatic carbocycles. The maximum Gasteiger partial charge on any atom is 0.261 e. The molecular weight excluding hydrogens is 450 g/mol. The van der Waals surface area contributed by atoms with Crippen LogP contribution in [0.1, 0.15) is 88.7 Å². The summed E-state index contributed by atoms with van der Waals surface area (Å²) < 4.78 is 1.61. The van der Waals surface area contributed by atoms with E-state index in [1.807, 2.05) is 30.9 Å². The first-order valence-corrected chi connectivity index (χ1v) is 14.2. The van der Waals surface area contributed by atoms with E-state index < -0.39 is 5.60 Å². The summed E-state index contributed by atoms with van der Waals surface area (Å²) >= 11 is 0. The van der Waals surface area contributed by atoms with E-state index in [1.165, 1.54) is 32.1 Å². The van der Waals surface area contributed by atoms with Gasteiger partial charge in [0.1, 0.15) is 0 Å². The first kappa shape index (κ1) is 25.4. The van der Waals surface area contributed by atoms with Gasteiger partial charge in [0.15, 0.2) is 0 Å². The average Bonchev–Trinajstić information content (AvgIpc) is 3.34. The molecule has 1 unspecified atom stereocenters. The van der Waals surface area contributed by atoms with Gasteiger partial charge in [0, 0.05) is 24.4 Å². The fourth-order valence-corrected chi connectivity index (χ4v) is 7.43. The van der Waals surface area contributed by atoms with Crippen molar-refractivity contribution in [1.82, 2.24) is 14.5 Å². The Balaban J connectivity index is 1.36. The minimum Gasteiger partial charge on any atom is -0.387 e. The number of aliphatic hydroxyl groups is 1. The number of piperidine rings is 1. The van der Waals surface area contributed by atoms with Crippen LogP contribution in [0.4, 0.5) is 0 Å². The average molecular weight is 494 g/mol. The van der Waals surface area contributed by atoms with Crippen molar-refractivity contribution in [3.8, 4) is 0 Å². The van der Waals surface area contributed by atoms with Gasteiger partial charge < -0.3 is 10.0 Å². The first-order valence-electron chi connectivity index (χ1n) is 14.2. The van der Waals surface area contributed by atoms with Gasteiger partial charge in [0.05, 0.1) is 29.4 Å². The number of likely N-dealkylation sites (tertiary alicyclic amines) is 1. The van der Waals surface area contributed by atoms with Gasteiger partial charge in [-0.15, -0.1) is 0 Å². The van der Waals surface area contributed by atoms with Crippen molar-refractivity contribution in [2.75, 3.05) is 13.1 Å². The van der Waals surface area contributed by atoms with Gasteiger partial charge in [-0.05, 0) is 68.7 Å². The van der Waals surface area contributed by atoms with Gasteiger partial charge in [-0.25, -0.2) is 4.98 Å². The number of carbonyl (C=O) groups excluding carboxylic acids is 1. The molecule has 3 aliphatic rings. The van der Waals surface area contributed by atoms with E-state index in [0.717, 1.165) is 43.2 Å². The zero-order valence-corrected chi connectivity index (χ0v) is 22.4. The lowest BCUT2D eigenvalue weighted by Gasteiger charge is -2.52. The Bertz CT molecular complexity index is 1180. The van der Waals surface area contributed by atoms with Gasteiger partial charge in [-0.2, -0.15) is 0 Å². The highest BCUT2D eigenvalue weighted by molar-refractivity contribution is 5.79. The molecule has 36 heavy (non-hydrogen) atoms. The monoisotopic (exact) mass is 493 g/mol. The molecule has 1 N–H and O–H groups in total. The third-order valence-corrected chi connectivity index (χ3v) is 9.85. The Morgan fingerprint density at radius 2 is 1.78 bits per heavy atom. The number of carbonyl (C=O) groups is 1. The smallest absolute Gasteiger partial charge is 0.261 e. The number of amides is 1. The molecule has 2 atom stereocenters. The summed E-state index contributed by atoms with van der Waals surface area (Å²) in [5.74, 6) is 0.973. The van der Waals surface area contributed by atoms with Gasteiger partial charge >= 0.3 is 0 Å². The molecule has 2 aromatic rings. The van der Waals surface area contributed by atoms with Crippen molar-refractivity contribution in [3.05, 3.63) is 39.9 Å². The highest BCUT2D eigenvalue weighted by atomic mass is 16.3. The Labute approximate surface area is 215 Å². The SMILES string of the molecule is Cc1cc2ncn(CC3(O)CCN(C(=O)[C@H](C)CC4CCCCC4)CC34CCCC4)c(=O)c2cc1C. The summed E-state index contributed by atoms with van der Waals surface area (Å²) in [6, 6.07) is 3.88. The second-order valence-corrected chi connectivity index (χ2v) is 12.3. The summed E-state index contributed by atoms with van der Waals surface area (Å²) in [4.78, 5) is 33.5. The molecule has 1 aromatic heterocycles. The van der Waals surface area contributed by atoms with Crippen LogP contribution >= 0.6 is 0 Å². The largest absolute Gasteiger partial charge is 0.387 e. The summed E-state index contributed by atoms with van der Waals surface area (Å²) in [7, 11) is 0. The Morgan fingerprint density at radius 3 is 2.50 bits per heavy atom. The number of hydrogen-bond donors (Lipinski definition) is 1. The van der Waals surface area contributed by atoms with Crippen molar-refractivity contribution >= 4 is 16.8 Å². The zero-order valence-electron chi connectivity index (χ0n) is 22.4. The number of nitrogens with zero attached hydrogens (tertiary/aromatic N) is 3.